The Morgan fingerprint density at radius 2 is 1.53 bits per heavy atom. The van der Waals surface area contributed by atoms with Crippen molar-refractivity contribution < 1.29 is 0 Å². The molecule has 1 aliphatic heterocycles. The molecule has 0 aromatic carbocycles. The van der Waals surface area contributed by atoms with Gasteiger partial charge in [-0.25, -0.2) is 0 Å². The first-order valence-corrected chi connectivity index (χ1v) is 8.07. The second-order valence-corrected chi connectivity index (χ2v) is 8.34. The zero-order valence-corrected chi connectivity index (χ0v) is 14.4. The Labute approximate surface area is 121 Å². The normalized spacial score (nSPS) is 20.2. The first kappa shape index (κ1) is 17.0. The minimum absolute atomic E-state index is 0.315. The Balaban J connectivity index is 2.20. The van der Waals surface area contributed by atoms with Crippen molar-refractivity contribution in [3.63, 3.8) is 0 Å². The van der Waals surface area contributed by atoms with E-state index in [2.05, 4.69) is 58.4 Å². The van der Waals surface area contributed by atoms with Gasteiger partial charge in [-0.2, -0.15) is 0 Å². The minimum Gasteiger partial charge on any atom is -0.302 e. The summed E-state index contributed by atoms with van der Waals surface area (Å²) in [4.78, 5) is 5.13. The number of hydrogen-bond donors (Lipinski definition) is 0. The molecule has 1 fully saturated rings. The average molecular weight is 268 g/mol. The van der Waals surface area contributed by atoms with Crippen LogP contribution in [0.3, 0.4) is 0 Å². The van der Waals surface area contributed by atoms with Crippen molar-refractivity contribution in [1.29, 1.82) is 0 Å². The van der Waals surface area contributed by atoms with Crippen molar-refractivity contribution in [3.05, 3.63) is 0 Å². The van der Waals surface area contributed by atoms with Gasteiger partial charge in [0.1, 0.15) is 0 Å². The van der Waals surface area contributed by atoms with Crippen LogP contribution in [0, 0.1) is 5.92 Å². The van der Waals surface area contributed by atoms with Gasteiger partial charge in [-0.1, -0.05) is 0 Å². The maximum absolute atomic E-state index is 2.64. The van der Waals surface area contributed by atoms with Crippen LogP contribution in [0.15, 0.2) is 0 Å². The predicted octanol–water partition coefficient (Wildman–Crippen LogP) is 4.01. The van der Waals surface area contributed by atoms with Crippen molar-refractivity contribution in [1.82, 2.24) is 9.80 Å². The van der Waals surface area contributed by atoms with Crippen molar-refractivity contribution in [2.24, 2.45) is 5.92 Å². The molecule has 0 saturated carbocycles. The van der Waals surface area contributed by atoms with Gasteiger partial charge in [0.25, 0.3) is 0 Å². The van der Waals surface area contributed by atoms with Gasteiger partial charge in [0.15, 0.2) is 0 Å². The average Bonchev–Trinajstić information content (AvgIpc) is 2.27. The van der Waals surface area contributed by atoms with Crippen LogP contribution in [0.1, 0.15) is 67.2 Å². The second-order valence-electron chi connectivity index (χ2n) is 8.34. The first-order valence-electron chi connectivity index (χ1n) is 8.07. The van der Waals surface area contributed by atoms with Gasteiger partial charge < -0.3 is 4.90 Å². The zero-order chi connectivity index (χ0) is 14.7. The van der Waals surface area contributed by atoms with Gasteiger partial charge in [0.05, 0.1) is 0 Å². The molecule has 0 unspecified atom stereocenters. The second kappa shape index (κ2) is 6.58. The highest BCUT2D eigenvalue weighted by atomic mass is 15.2. The van der Waals surface area contributed by atoms with Gasteiger partial charge in [0.2, 0.25) is 0 Å². The summed E-state index contributed by atoms with van der Waals surface area (Å²) in [5.41, 5.74) is 0.674. The van der Waals surface area contributed by atoms with E-state index in [0.29, 0.717) is 11.1 Å². The van der Waals surface area contributed by atoms with Crippen molar-refractivity contribution in [3.8, 4) is 0 Å². The summed E-state index contributed by atoms with van der Waals surface area (Å²) in [6.45, 7) is 17.7. The summed E-state index contributed by atoms with van der Waals surface area (Å²) in [5.74, 6) is 0.965. The van der Waals surface area contributed by atoms with Crippen molar-refractivity contribution in [2.45, 2.75) is 78.3 Å². The van der Waals surface area contributed by atoms with E-state index in [9.17, 15) is 0 Å². The third-order valence-corrected chi connectivity index (χ3v) is 4.81. The molecule has 2 nitrogen and oxygen atoms in total. The molecule has 1 rings (SSSR count). The van der Waals surface area contributed by atoms with Crippen LogP contribution in [0.4, 0.5) is 0 Å². The molecule has 114 valence electrons. The molecule has 19 heavy (non-hydrogen) atoms. The summed E-state index contributed by atoms with van der Waals surface area (Å²) >= 11 is 0. The molecule has 1 aliphatic rings. The third kappa shape index (κ3) is 5.83. The number of likely N-dealkylation sites (tertiary alicyclic amines) is 1. The highest BCUT2D eigenvalue weighted by molar-refractivity contribution is 4.82. The Bertz CT molecular complexity index is 251. The SMILES string of the molecule is CN(CCCC1CCN(C(C)(C)C)CC1)C(C)(C)C. The van der Waals surface area contributed by atoms with Crippen LogP contribution >= 0.6 is 0 Å². The van der Waals surface area contributed by atoms with E-state index in [4.69, 9.17) is 0 Å². The highest BCUT2D eigenvalue weighted by Gasteiger charge is 2.26. The first-order chi connectivity index (χ1) is 8.60. The number of nitrogens with zero attached hydrogens (tertiary/aromatic N) is 2. The molecule has 0 spiro atoms. The monoisotopic (exact) mass is 268 g/mol. The van der Waals surface area contributed by atoms with Gasteiger partial charge >= 0.3 is 0 Å². The fourth-order valence-electron chi connectivity index (χ4n) is 2.85. The highest BCUT2D eigenvalue weighted by Crippen LogP contribution is 2.26. The number of rotatable bonds is 4. The summed E-state index contributed by atoms with van der Waals surface area (Å²) in [5, 5.41) is 0. The Morgan fingerprint density at radius 1 is 1.00 bits per heavy atom. The molecule has 2 heteroatoms. The van der Waals surface area contributed by atoms with Gasteiger partial charge in [-0.05, 0) is 99.8 Å². The predicted molar refractivity (Wildman–Crippen MR) is 85.7 cm³/mol. The van der Waals surface area contributed by atoms with E-state index in [1.807, 2.05) is 0 Å². The molecule has 1 heterocycles. The van der Waals surface area contributed by atoms with E-state index in [1.54, 1.807) is 0 Å². The molecule has 1 saturated heterocycles. The van der Waals surface area contributed by atoms with Crippen LogP contribution in [0.2, 0.25) is 0 Å². The lowest BCUT2D eigenvalue weighted by atomic mass is 9.89. The van der Waals surface area contributed by atoms with E-state index >= 15 is 0 Å². The molecule has 0 atom stereocenters. The van der Waals surface area contributed by atoms with Gasteiger partial charge in [-0.15, -0.1) is 0 Å². The smallest absolute Gasteiger partial charge is 0.0125 e. The largest absolute Gasteiger partial charge is 0.302 e. The molecule has 0 N–H and O–H groups in total. The van der Waals surface area contributed by atoms with Crippen LogP contribution in [0.5, 0.6) is 0 Å². The molecular formula is C17H36N2. The molecular weight excluding hydrogens is 232 g/mol. The van der Waals surface area contributed by atoms with E-state index < -0.39 is 0 Å². The molecule has 0 aliphatic carbocycles. The van der Waals surface area contributed by atoms with E-state index in [0.717, 1.165) is 5.92 Å². The summed E-state index contributed by atoms with van der Waals surface area (Å²) in [6, 6.07) is 0. The summed E-state index contributed by atoms with van der Waals surface area (Å²) < 4.78 is 0. The number of piperidine rings is 1. The molecule has 0 aromatic rings. The van der Waals surface area contributed by atoms with Gasteiger partial charge in [0, 0.05) is 11.1 Å². The molecule has 0 amide bonds. The summed E-state index contributed by atoms with van der Waals surface area (Å²) in [7, 11) is 2.25. The van der Waals surface area contributed by atoms with Gasteiger partial charge in [-0.3, -0.25) is 4.90 Å². The Morgan fingerprint density at radius 3 is 1.95 bits per heavy atom. The topological polar surface area (TPSA) is 6.48 Å². The third-order valence-electron chi connectivity index (χ3n) is 4.81. The maximum atomic E-state index is 2.64. The minimum atomic E-state index is 0.315. The van der Waals surface area contributed by atoms with Crippen LogP contribution in [0.25, 0.3) is 0 Å². The summed E-state index contributed by atoms with van der Waals surface area (Å²) in [6.07, 6.45) is 5.57. The quantitative estimate of drug-likeness (QED) is 0.760. The molecule has 0 radical (unpaired) electrons. The van der Waals surface area contributed by atoms with Crippen LogP contribution < -0.4 is 0 Å². The van der Waals surface area contributed by atoms with E-state index in [-0.39, 0.29) is 0 Å². The lowest BCUT2D eigenvalue weighted by molar-refractivity contribution is 0.0826. The zero-order valence-electron chi connectivity index (χ0n) is 14.4. The van der Waals surface area contributed by atoms with Crippen molar-refractivity contribution >= 4 is 0 Å². The number of hydrogen-bond acceptors (Lipinski definition) is 2. The van der Waals surface area contributed by atoms with Crippen LogP contribution in [-0.2, 0) is 0 Å². The fourth-order valence-corrected chi connectivity index (χ4v) is 2.85. The fraction of sp³-hybridized carbons (Fsp3) is 1.00. The Kier molecular flexibility index (Phi) is 5.88. The Hall–Kier alpha value is -0.0800. The molecule has 0 aromatic heterocycles. The molecule has 0 bridgehead atoms. The van der Waals surface area contributed by atoms with Crippen molar-refractivity contribution in [2.75, 3.05) is 26.7 Å². The standard InChI is InChI=1S/C17H36N2/c1-16(2,3)18(7)12-8-9-15-10-13-19(14-11-15)17(4,5)6/h15H,8-14H2,1-7H3. The maximum Gasteiger partial charge on any atom is 0.0125 e. The lowest BCUT2D eigenvalue weighted by Crippen LogP contribution is -2.46. The lowest BCUT2D eigenvalue weighted by Gasteiger charge is -2.41. The van der Waals surface area contributed by atoms with Crippen LogP contribution in [-0.4, -0.2) is 47.6 Å². The van der Waals surface area contributed by atoms with E-state index in [1.165, 1.54) is 45.3 Å².